The molecule has 1 aromatic carbocycles. The van der Waals surface area contributed by atoms with Crippen LogP contribution in [-0.2, 0) is 6.42 Å². The molecule has 1 aromatic rings. The van der Waals surface area contributed by atoms with Gasteiger partial charge in [-0.1, -0.05) is 23.2 Å². The summed E-state index contributed by atoms with van der Waals surface area (Å²) in [4.78, 5) is 0. The Labute approximate surface area is 93.4 Å². The van der Waals surface area contributed by atoms with E-state index in [-0.39, 0.29) is 0 Å². The quantitative estimate of drug-likeness (QED) is 0.821. The van der Waals surface area contributed by atoms with E-state index in [1.54, 1.807) is 0 Å². The molecule has 1 atom stereocenters. The van der Waals surface area contributed by atoms with Gasteiger partial charge >= 0.3 is 0 Å². The summed E-state index contributed by atoms with van der Waals surface area (Å²) in [6.45, 7) is 0.681. The fourth-order valence-electron chi connectivity index (χ4n) is 1.83. The third-order valence-electron chi connectivity index (χ3n) is 2.52. The number of benzene rings is 1. The van der Waals surface area contributed by atoms with Crippen LogP contribution in [0, 0.1) is 0 Å². The van der Waals surface area contributed by atoms with Gasteiger partial charge in [0.25, 0.3) is 0 Å². The molecule has 1 heterocycles. The van der Waals surface area contributed by atoms with E-state index in [9.17, 15) is 0 Å². The highest BCUT2D eigenvalue weighted by atomic mass is 35.5. The molecule has 3 N–H and O–H groups in total. The third kappa shape index (κ3) is 1.70. The van der Waals surface area contributed by atoms with Gasteiger partial charge in [0.05, 0.1) is 10.7 Å². The Morgan fingerprint density at radius 1 is 1.36 bits per heavy atom. The molecule has 1 aliphatic rings. The predicted molar refractivity (Wildman–Crippen MR) is 61.2 cm³/mol. The Hall–Kier alpha value is -0.440. The number of halogens is 2. The van der Waals surface area contributed by atoms with E-state index in [4.69, 9.17) is 28.9 Å². The van der Waals surface area contributed by atoms with E-state index in [1.165, 1.54) is 0 Å². The van der Waals surface area contributed by atoms with Crippen LogP contribution in [0.2, 0.25) is 10.0 Å². The van der Waals surface area contributed by atoms with Crippen LogP contribution in [0.1, 0.15) is 12.0 Å². The number of rotatable bonds is 2. The Balaban J connectivity index is 2.29. The Morgan fingerprint density at radius 3 is 2.71 bits per heavy atom. The van der Waals surface area contributed by atoms with Crippen molar-refractivity contribution in [3.05, 3.63) is 27.7 Å². The normalized spacial score (nSPS) is 19.2. The number of fused-ring (bicyclic) bond motifs is 1. The van der Waals surface area contributed by atoms with E-state index >= 15 is 0 Å². The second-order valence-electron chi connectivity index (χ2n) is 3.51. The maximum absolute atomic E-state index is 6.08. The average Bonchev–Trinajstić information content (AvgIpc) is 2.57. The number of hydrogen-bond acceptors (Lipinski definition) is 2. The summed E-state index contributed by atoms with van der Waals surface area (Å²) in [5, 5.41) is 4.88. The molecule has 0 bridgehead atoms. The largest absolute Gasteiger partial charge is 0.380 e. The van der Waals surface area contributed by atoms with E-state index < -0.39 is 0 Å². The molecule has 0 saturated carbocycles. The van der Waals surface area contributed by atoms with Crippen molar-refractivity contribution in [1.29, 1.82) is 0 Å². The zero-order chi connectivity index (χ0) is 10.1. The molecule has 2 nitrogen and oxygen atoms in total. The summed E-state index contributed by atoms with van der Waals surface area (Å²) in [6, 6.07) is 4.04. The van der Waals surface area contributed by atoms with Gasteiger partial charge in [-0.2, -0.15) is 0 Å². The fourth-order valence-corrected chi connectivity index (χ4v) is 2.29. The molecule has 0 aromatic heterocycles. The van der Waals surface area contributed by atoms with Crippen molar-refractivity contribution in [2.45, 2.75) is 18.9 Å². The van der Waals surface area contributed by atoms with Crippen molar-refractivity contribution in [2.24, 2.45) is 5.73 Å². The number of nitrogens with two attached hydrogens (primary N) is 1. The lowest BCUT2D eigenvalue weighted by Gasteiger charge is -2.08. The standard InChI is InChI=1S/C10H12Cl2N2/c11-8-1-2-9(12)10-7(8)5-6(14-10)3-4-13/h1-2,6,14H,3-5,13H2. The van der Waals surface area contributed by atoms with Gasteiger partial charge < -0.3 is 11.1 Å². The maximum atomic E-state index is 6.08. The molecule has 2 rings (SSSR count). The third-order valence-corrected chi connectivity index (χ3v) is 3.19. The first kappa shape index (κ1) is 10.1. The van der Waals surface area contributed by atoms with E-state index in [0.29, 0.717) is 12.6 Å². The summed E-state index contributed by atoms with van der Waals surface area (Å²) in [6.07, 6.45) is 1.87. The van der Waals surface area contributed by atoms with Crippen molar-refractivity contribution >= 4 is 28.9 Å². The highest BCUT2D eigenvalue weighted by molar-refractivity contribution is 6.36. The molecule has 0 saturated heterocycles. The molecular weight excluding hydrogens is 219 g/mol. The minimum Gasteiger partial charge on any atom is -0.380 e. The van der Waals surface area contributed by atoms with Crippen LogP contribution in [-0.4, -0.2) is 12.6 Å². The fraction of sp³-hybridized carbons (Fsp3) is 0.400. The van der Waals surface area contributed by atoms with Gasteiger partial charge in [-0.25, -0.2) is 0 Å². The van der Waals surface area contributed by atoms with Crippen LogP contribution in [0.25, 0.3) is 0 Å². The lowest BCUT2D eigenvalue weighted by atomic mass is 10.1. The van der Waals surface area contributed by atoms with Crippen LogP contribution in [0.4, 0.5) is 5.69 Å². The van der Waals surface area contributed by atoms with E-state index in [0.717, 1.165) is 34.1 Å². The summed E-state index contributed by atoms with van der Waals surface area (Å²) >= 11 is 12.1. The molecule has 1 unspecified atom stereocenters. The van der Waals surface area contributed by atoms with Crippen molar-refractivity contribution in [3.63, 3.8) is 0 Å². The Kier molecular flexibility index (Phi) is 2.86. The molecule has 0 radical (unpaired) electrons. The SMILES string of the molecule is NCCC1Cc2c(Cl)ccc(Cl)c2N1. The van der Waals surface area contributed by atoms with E-state index in [2.05, 4.69) is 5.32 Å². The highest BCUT2D eigenvalue weighted by Gasteiger charge is 2.23. The summed E-state index contributed by atoms with van der Waals surface area (Å²) in [7, 11) is 0. The van der Waals surface area contributed by atoms with Gasteiger partial charge in [0.1, 0.15) is 0 Å². The molecule has 0 fully saturated rings. The first-order valence-electron chi connectivity index (χ1n) is 4.66. The van der Waals surface area contributed by atoms with Gasteiger partial charge in [0.2, 0.25) is 0 Å². The first-order valence-corrected chi connectivity index (χ1v) is 5.41. The molecule has 76 valence electrons. The number of hydrogen-bond donors (Lipinski definition) is 2. The van der Waals surface area contributed by atoms with Crippen LogP contribution < -0.4 is 11.1 Å². The number of anilines is 1. The topological polar surface area (TPSA) is 38.0 Å². The molecule has 1 aliphatic heterocycles. The van der Waals surface area contributed by atoms with Crippen LogP contribution in [0.15, 0.2) is 12.1 Å². The van der Waals surface area contributed by atoms with Crippen LogP contribution in [0.5, 0.6) is 0 Å². The van der Waals surface area contributed by atoms with Gasteiger partial charge in [0.15, 0.2) is 0 Å². The molecule has 4 heteroatoms. The zero-order valence-electron chi connectivity index (χ0n) is 7.69. The van der Waals surface area contributed by atoms with Gasteiger partial charge in [-0.15, -0.1) is 0 Å². The number of nitrogens with one attached hydrogen (secondary N) is 1. The van der Waals surface area contributed by atoms with Crippen molar-refractivity contribution < 1.29 is 0 Å². The Morgan fingerprint density at radius 2 is 2.07 bits per heavy atom. The maximum Gasteiger partial charge on any atom is 0.0641 e. The summed E-state index contributed by atoms with van der Waals surface area (Å²) in [5.74, 6) is 0. The Bertz CT molecular complexity index is 321. The minimum atomic E-state index is 0.382. The molecule has 0 aliphatic carbocycles. The van der Waals surface area contributed by atoms with Gasteiger partial charge in [-0.05, 0) is 37.1 Å². The van der Waals surface area contributed by atoms with Crippen LogP contribution in [0.3, 0.4) is 0 Å². The molecule has 0 spiro atoms. The second-order valence-corrected chi connectivity index (χ2v) is 4.32. The minimum absolute atomic E-state index is 0.382. The smallest absolute Gasteiger partial charge is 0.0641 e. The lowest BCUT2D eigenvalue weighted by molar-refractivity contribution is 0.684. The predicted octanol–water partition coefficient (Wildman–Crippen LogP) is 2.68. The van der Waals surface area contributed by atoms with Gasteiger partial charge in [-0.3, -0.25) is 0 Å². The lowest BCUT2D eigenvalue weighted by Crippen LogP contribution is -2.19. The second kappa shape index (κ2) is 3.97. The van der Waals surface area contributed by atoms with Crippen molar-refractivity contribution in [2.75, 3.05) is 11.9 Å². The summed E-state index contributed by atoms with van der Waals surface area (Å²) in [5.41, 5.74) is 7.62. The van der Waals surface area contributed by atoms with Gasteiger partial charge in [0, 0.05) is 11.1 Å². The zero-order valence-corrected chi connectivity index (χ0v) is 9.20. The van der Waals surface area contributed by atoms with Crippen LogP contribution >= 0.6 is 23.2 Å². The first-order chi connectivity index (χ1) is 6.72. The van der Waals surface area contributed by atoms with E-state index in [1.807, 2.05) is 12.1 Å². The molecule has 0 amide bonds. The molecule has 14 heavy (non-hydrogen) atoms. The van der Waals surface area contributed by atoms with Crippen molar-refractivity contribution in [1.82, 2.24) is 0 Å². The van der Waals surface area contributed by atoms with Crippen molar-refractivity contribution in [3.8, 4) is 0 Å². The highest BCUT2D eigenvalue weighted by Crippen LogP contribution is 2.38. The molecular formula is C10H12Cl2N2. The summed E-state index contributed by atoms with van der Waals surface area (Å²) < 4.78 is 0. The monoisotopic (exact) mass is 230 g/mol. The average molecular weight is 231 g/mol.